The summed E-state index contributed by atoms with van der Waals surface area (Å²) in [5.74, 6) is 0.847. The molecular formula is C12H23NO. The Labute approximate surface area is 87.2 Å². The molecule has 2 fully saturated rings. The summed E-state index contributed by atoms with van der Waals surface area (Å²) in [6.45, 7) is 3.06. The molecule has 2 aliphatic rings. The Morgan fingerprint density at radius 2 is 2.00 bits per heavy atom. The molecule has 3 atom stereocenters. The molecule has 2 nitrogen and oxygen atoms in total. The number of rotatable bonds is 1. The summed E-state index contributed by atoms with van der Waals surface area (Å²) in [7, 11) is 0. The van der Waals surface area contributed by atoms with Crippen molar-refractivity contribution in [3.05, 3.63) is 0 Å². The van der Waals surface area contributed by atoms with Crippen molar-refractivity contribution in [1.82, 2.24) is 0 Å². The zero-order valence-electron chi connectivity index (χ0n) is 9.30. The molecule has 0 aromatic carbocycles. The minimum Gasteiger partial charge on any atom is -0.370 e. The first kappa shape index (κ1) is 10.4. The van der Waals surface area contributed by atoms with E-state index in [9.17, 15) is 0 Å². The molecule has 0 bridgehead atoms. The first-order valence-corrected chi connectivity index (χ1v) is 6.12. The molecule has 1 saturated carbocycles. The van der Waals surface area contributed by atoms with Crippen molar-refractivity contribution >= 4 is 0 Å². The second-order valence-corrected chi connectivity index (χ2v) is 5.25. The van der Waals surface area contributed by atoms with Crippen molar-refractivity contribution < 1.29 is 4.74 Å². The lowest BCUT2D eigenvalue weighted by Gasteiger charge is -2.45. The molecule has 2 rings (SSSR count). The maximum atomic E-state index is 6.21. The van der Waals surface area contributed by atoms with E-state index in [-0.39, 0.29) is 5.60 Å². The first-order valence-electron chi connectivity index (χ1n) is 6.12. The third-order valence-corrected chi connectivity index (χ3v) is 3.89. The zero-order chi connectivity index (χ0) is 10.0. The van der Waals surface area contributed by atoms with Crippen LogP contribution >= 0.6 is 0 Å². The molecule has 1 saturated heterocycles. The molecule has 2 heteroatoms. The second-order valence-electron chi connectivity index (χ2n) is 5.25. The molecule has 1 aliphatic carbocycles. The lowest BCUT2D eigenvalue weighted by molar-refractivity contribution is -0.149. The summed E-state index contributed by atoms with van der Waals surface area (Å²) >= 11 is 0. The van der Waals surface area contributed by atoms with Crippen LogP contribution in [0.4, 0.5) is 0 Å². The van der Waals surface area contributed by atoms with E-state index in [4.69, 9.17) is 10.5 Å². The van der Waals surface area contributed by atoms with E-state index >= 15 is 0 Å². The van der Waals surface area contributed by atoms with Crippen molar-refractivity contribution in [1.29, 1.82) is 0 Å². The van der Waals surface area contributed by atoms with Crippen LogP contribution in [-0.2, 0) is 4.74 Å². The van der Waals surface area contributed by atoms with Crippen molar-refractivity contribution in [3.63, 3.8) is 0 Å². The summed E-state index contributed by atoms with van der Waals surface area (Å²) in [4.78, 5) is 0. The summed E-state index contributed by atoms with van der Waals surface area (Å²) < 4.78 is 6.21. The van der Waals surface area contributed by atoms with Crippen LogP contribution in [0, 0.1) is 5.92 Å². The average Bonchev–Trinajstić information content (AvgIpc) is 2.17. The van der Waals surface area contributed by atoms with Gasteiger partial charge in [-0.3, -0.25) is 0 Å². The SMILES string of the molecule is CC1CCCC2(CCCC(CN)O2)C1. The van der Waals surface area contributed by atoms with Gasteiger partial charge in [-0.2, -0.15) is 0 Å². The monoisotopic (exact) mass is 197 g/mol. The minimum absolute atomic E-state index is 0.222. The molecule has 3 unspecified atom stereocenters. The maximum Gasteiger partial charge on any atom is 0.0704 e. The van der Waals surface area contributed by atoms with Gasteiger partial charge in [0.25, 0.3) is 0 Å². The van der Waals surface area contributed by atoms with Gasteiger partial charge in [-0.1, -0.05) is 19.8 Å². The molecule has 0 aromatic rings. The van der Waals surface area contributed by atoms with Crippen LogP contribution in [-0.4, -0.2) is 18.2 Å². The van der Waals surface area contributed by atoms with E-state index in [1.807, 2.05) is 0 Å². The lowest BCUT2D eigenvalue weighted by Crippen LogP contribution is -2.46. The minimum atomic E-state index is 0.222. The van der Waals surface area contributed by atoms with Crippen LogP contribution < -0.4 is 5.73 Å². The predicted molar refractivity (Wildman–Crippen MR) is 58.1 cm³/mol. The van der Waals surface area contributed by atoms with Gasteiger partial charge in [0, 0.05) is 6.54 Å². The summed E-state index contributed by atoms with van der Waals surface area (Å²) in [6, 6.07) is 0. The lowest BCUT2D eigenvalue weighted by atomic mass is 9.74. The van der Waals surface area contributed by atoms with E-state index in [0.29, 0.717) is 12.6 Å². The Balaban J connectivity index is 1.99. The summed E-state index contributed by atoms with van der Waals surface area (Å²) in [6.07, 6.45) is 9.37. The molecule has 2 N–H and O–H groups in total. The normalized spacial score (nSPS) is 44.1. The van der Waals surface area contributed by atoms with Crippen LogP contribution in [0.1, 0.15) is 51.9 Å². The van der Waals surface area contributed by atoms with Gasteiger partial charge in [-0.25, -0.2) is 0 Å². The van der Waals surface area contributed by atoms with Gasteiger partial charge in [0.2, 0.25) is 0 Å². The van der Waals surface area contributed by atoms with E-state index in [1.165, 1.54) is 44.9 Å². The van der Waals surface area contributed by atoms with E-state index < -0.39 is 0 Å². The highest BCUT2D eigenvalue weighted by Crippen LogP contribution is 2.42. The van der Waals surface area contributed by atoms with Gasteiger partial charge in [-0.15, -0.1) is 0 Å². The third kappa shape index (κ3) is 2.12. The molecule has 1 aliphatic heterocycles. The highest BCUT2D eigenvalue weighted by Gasteiger charge is 2.39. The van der Waals surface area contributed by atoms with Crippen molar-refractivity contribution in [2.45, 2.75) is 63.6 Å². The largest absolute Gasteiger partial charge is 0.370 e. The van der Waals surface area contributed by atoms with Crippen molar-refractivity contribution in [2.75, 3.05) is 6.54 Å². The Bertz CT molecular complexity index is 191. The zero-order valence-corrected chi connectivity index (χ0v) is 9.30. The summed E-state index contributed by atoms with van der Waals surface area (Å²) in [5.41, 5.74) is 5.93. The second kappa shape index (κ2) is 4.19. The number of ether oxygens (including phenoxy) is 1. The van der Waals surface area contributed by atoms with Crippen molar-refractivity contribution in [2.24, 2.45) is 11.7 Å². The number of hydrogen-bond acceptors (Lipinski definition) is 2. The quantitative estimate of drug-likeness (QED) is 0.701. The third-order valence-electron chi connectivity index (χ3n) is 3.89. The fraction of sp³-hybridized carbons (Fsp3) is 1.00. The Morgan fingerprint density at radius 3 is 2.64 bits per heavy atom. The topological polar surface area (TPSA) is 35.2 Å². The van der Waals surface area contributed by atoms with Crippen LogP contribution in [0.25, 0.3) is 0 Å². The standard InChI is InChI=1S/C12H23NO/c1-10-4-2-6-12(8-10)7-3-5-11(9-13)14-12/h10-11H,2-9,13H2,1H3. The van der Waals surface area contributed by atoms with Gasteiger partial charge in [0.05, 0.1) is 11.7 Å². The fourth-order valence-electron chi connectivity index (χ4n) is 3.24. The van der Waals surface area contributed by atoms with E-state index in [0.717, 1.165) is 5.92 Å². The predicted octanol–water partition coefficient (Wildman–Crippen LogP) is 2.46. The van der Waals surface area contributed by atoms with Gasteiger partial charge in [-0.05, 0) is 38.0 Å². The number of hydrogen-bond donors (Lipinski definition) is 1. The average molecular weight is 197 g/mol. The Kier molecular flexibility index (Phi) is 3.13. The molecule has 1 spiro atoms. The van der Waals surface area contributed by atoms with Crippen molar-refractivity contribution in [3.8, 4) is 0 Å². The maximum absolute atomic E-state index is 6.21. The van der Waals surface area contributed by atoms with Gasteiger partial charge in [0.15, 0.2) is 0 Å². The molecule has 14 heavy (non-hydrogen) atoms. The molecule has 0 radical (unpaired) electrons. The van der Waals surface area contributed by atoms with Crippen LogP contribution in [0.15, 0.2) is 0 Å². The van der Waals surface area contributed by atoms with Gasteiger partial charge < -0.3 is 10.5 Å². The van der Waals surface area contributed by atoms with Gasteiger partial charge in [0.1, 0.15) is 0 Å². The first-order chi connectivity index (χ1) is 6.74. The Morgan fingerprint density at radius 1 is 1.29 bits per heavy atom. The molecular weight excluding hydrogens is 174 g/mol. The highest BCUT2D eigenvalue weighted by molar-refractivity contribution is 4.91. The highest BCUT2D eigenvalue weighted by atomic mass is 16.5. The Hall–Kier alpha value is -0.0800. The molecule has 82 valence electrons. The van der Waals surface area contributed by atoms with Crippen LogP contribution in [0.2, 0.25) is 0 Å². The molecule has 1 heterocycles. The van der Waals surface area contributed by atoms with E-state index in [1.54, 1.807) is 0 Å². The fourth-order valence-corrected chi connectivity index (χ4v) is 3.24. The number of nitrogens with two attached hydrogens (primary N) is 1. The van der Waals surface area contributed by atoms with E-state index in [2.05, 4.69) is 6.92 Å². The summed E-state index contributed by atoms with van der Waals surface area (Å²) in [5, 5.41) is 0. The van der Waals surface area contributed by atoms with Gasteiger partial charge >= 0.3 is 0 Å². The van der Waals surface area contributed by atoms with Crippen LogP contribution in [0.5, 0.6) is 0 Å². The smallest absolute Gasteiger partial charge is 0.0704 e. The molecule has 0 amide bonds. The molecule has 0 aromatic heterocycles. The van der Waals surface area contributed by atoms with Crippen LogP contribution in [0.3, 0.4) is 0 Å².